The minimum atomic E-state index is 0.335. The maximum Gasteiger partial charge on any atom is 0.0584 e. The number of rotatable bonds is 6. The SMILES string of the molecule is CCCNC(c1ccc(CC)cc1)c1ccsc1. The van der Waals surface area contributed by atoms with E-state index in [9.17, 15) is 0 Å². The van der Waals surface area contributed by atoms with E-state index in [1.54, 1.807) is 11.3 Å². The van der Waals surface area contributed by atoms with E-state index in [-0.39, 0.29) is 0 Å². The van der Waals surface area contributed by atoms with Crippen molar-refractivity contribution in [1.29, 1.82) is 0 Å². The highest BCUT2D eigenvalue weighted by Crippen LogP contribution is 2.24. The molecule has 0 saturated heterocycles. The van der Waals surface area contributed by atoms with E-state index in [0.717, 1.165) is 19.4 Å². The van der Waals surface area contributed by atoms with Crippen LogP contribution >= 0.6 is 11.3 Å². The first-order valence-electron chi connectivity index (χ1n) is 6.69. The minimum Gasteiger partial charge on any atom is -0.306 e. The molecule has 18 heavy (non-hydrogen) atoms. The van der Waals surface area contributed by atoms with Crippen LogP contribution in [0.3, 0.4) is 0 Å². The summed E-state index contributed by atoms with van der Waals surface area (Å²) in [6.45, 7) is 5.45. The Morgan fingerprint density at radius 3 is 2.39 bits per heavy atom. The van der Waals surface area contributed by atoms with Crippen molar-refractivity contribution in [2.45, 2.75) is 32.7 Å². The molecule has 0 amide bonds. The van der Waals surface area contributed by atoms with Crippen LogP contribution < -0.4 is 5.32 Å². The van der Waals surface area contributed by atoms with Crippen LogP contribution in [0.4, 0.5) is 0 Å². The van der Waals surface area contributed by atoms with Gasteiger partial charge in [0.15, 0.2) is 0 Å². The summed E-state index contributed by atoms with van der Waals surface area (Å²) in [7, 11) is 0. The second-order valence-electron chi connectivity index (χ2n) is 4.54. The summed E-state index contributed by atoms with van der Waals surface area (Å²) in [4.78, 5) is 0. The molecule has 0 aliphatic carbocycles. The van der Waals surface area contributed by atoms with Crippen LogP contribution in [0, 0.1) is 0 Å². The molecule has 1 aromatic heterocycles. The summed E-state index contributed by atoms with van der Waals surface area (Å²) >= 11 is 1.76. The molecule has 1 unspecified atom stereocenters. The molecule has 1 N–H and O–H groups in total. The van der Waals surface area contributed by atoms with E-state index in [2.05, 4.69) is 60.3 Å². The van der Waals surface area contributed by atoms with Gasteiger partial charge in [-0.3, -0.25) is 0 Å². The fraction of sp³-hybridized carbons (Fsp3) is 0.375. The molecule has 0 spiro atoms. The lowest BCUT2D eigenvalue weighted by atomic mass is 9.99. The van der Waals surface area contributed by atoms with E-state index in [0.29, 0.717) is 6.04 Å². The zero-order valence-electron chi connectivity index (χ0n) is 11.1. The van der Waals surface area contributed by atoms with Crippen molar-refractivity contribution in [3.8, 4) is 0 Å². The number of hydrogen-bond donors (Lipinski definition) is 1. The van der Waals surface area contributed by atoms with Gasteiger partial charge in [-0.25, -0.2) is 0 Å². The van der Waals surface area contributed by atoms with Crippen LogP contribution in [0.5, 0.6) is 0 Å². The van der Waals surface area contributed by atoms with Gasteiger partial charge >= 0.3 is 0 Å². The Kier molecular flexibility index (Phi) is 4.97. The molecular formula is C16H21NS. The van der Waals surface area contributed by atoms with Gasteiger partial charge in [-0.2, -0.15) is 11.3 Å². The summed E-state index contributed by atoms with van der Waals surface area (Å²) in [5.74, 6) is 0. The van der Waals surface area contributed by atoms with E-state index >= 15 is 0 Å². The van der Waals surface area contributed by atoms with E-state index in [1.165, 1.54) is 16.7 Å². The second kappa shape index (κ2) is 6.72. The molecule has 0 aliphatic heterocycles. The van der Waals surface area contributed by atoms with Crippen molar-refractivity contribution >= 4 is 11.3 Å². The lowest BCUT2D eigenvalue weighted by Gasteiger charge is -2.18. The topological polar surface area (TPSA) is 12.0 Å². The molecule has 0 saturated carbocycles. The van der Waals surface area contributed by atoms with Crippen LogP contribution in [0.15, 0.2) is 41.1 Å². The zero-order valence-corrected chi connectivity index (χ0v) is 12.0. The molecule has 1 nitrogen and oxygen atoms in total. The fourth-order valence-corrected chi connectivity index (χ4v) is 2.79. The van der Waals surface area contributed by atoms with Gasteiger partial charge in [0.1, 0.15) is 0 Å². The number of benzene rings is 1. The van der Waals surface area contributed by atoms with Crippen molar-refractivity contribution < 1.29 is 0 Å². The standard InChI is InChI=1S/C16H21NS/c1-3-10-17-16(15-9-11-18-12-15)14-7-5-13(4-2)6-8-14/h5-9,11-12,16-17H,3-4,10H2,1-2H3. The first-order valence-corrected chi connectivity index (χ1v) is 7.63. The first-order chi connectivity index (χ1) is 8.85. The highest BCUT2D eigenvalue weighted by atomic mass is 32.1. The Bertz CT molecular complexity index is 444. The number of hydrogen-bond acceptors (Lipinski definition) is 2. The second-order valence-corrected chi connectivity index (χ2v) is 5.32. The predicted octanol–water partition coefficient (Wildman–Crippen LogP) is 4.40. The fourth-order valence-electron chi connectivity index (χ4n) is 2.10. The Labute approximate surface area is 114 Å². The Balaban J connectivity index is 2.21. The molecule has 0 fully saturated rings. The average molecular weight is 259 g/mol. The van der Waals surface area contributed by atoms with Gasteiger partial charge in [-0.05, 0) is 52.9 Å². The van der Waals surface area contributed by atoms with Crippen LogP contribution in [0.2, 0.25) is 0 Å². The van der Waals surface area contributed by atoms with Gasteiger partial charge in [0.05, 0.1) is 6.04 Å². The summed E-state index contributed by atoms with van der Waals surface area (Å²) < 4.78 is 0. The quantitative estimate of drug-likeness (QED) is 0.811. The molecular weight excluding hydrogens is 238 g/mol. The Hall–Kier alpha value is -1.12. The summed E-state index contributed by atoms with van der Waals surface area (Å²) in [5, 5.41) is 8.02. The van der Waals surface area contributed by atoms with E-state index in [4.69, 9.17) is 0 Å². The third-order valence-corrected chi connectivity index (χ3v) is 3.90. The highest BCUT2D eigenvalue weighted by molar-refractivity contribution is 7.08. The Morgan fingerprint density at radius 2 is 1.83 bits per heavy atom. The summed E-state index contributed by atoms with van der Waals surface area (Å²) in [6.07, 6.45) is 2.26. The number of aryl methyl sites for hydroxylation is 1. The Morgan fingerprint density at radius 1 is 1.06 bits per heavy atom. The van der Waals surface area contributed by atoms with Crippen molar-refractivity contribution in [3.05, 3.63) is 57.8 Å². The summed E-state index contributed by atoms with van der Waals surface area (Å²) in [5.41, 5.74) is 4.13. The molecule has 0 radical (unpaired) electrons. The largest absolute Gasteiger partial charge is 0.306 e. The van der Waals surface area contributed by atoms with Crippen LogP contribution in [0.25, 0.3) is 0 Å². The summed E-state index contributed by atoms with van der Waals surface area (Å²) in [6, 6.07) is 11.5. The minimum absolute atomic E-state index is 0.335. The normalized spacial score (nSPS) is 12.6. The molecule has 1 heterocycles. The average Bonchev–Trinajstić information content (AvgIpc) is 2.94. The molecule has 1 atom stereocenters. The van der Waals surface area contributed by atoms with Crippen LogP contribution in [0.1, 0.15) is 43.0 Å². The first kappa shape index (κ1) is 13.3. The molecule has 96 valence electrons. The third-order valence-electron chi connectivity index (χ3n) is 3.20. The lowest BCUT2D eigenvalue weighted by Crippen LogP contribution is -2.22. The number of thiophene rings is 1. The maximum absolute atomic E-state index is 3.63. The van der Waals surface area contributed by atoms with Gasteiger partial charge in [-0.15, -0.1) is 0 Å². The van der Waals surface area contributed by atoms with Crippen molar-refractivity contribution in [1.82, 2.24) is 5.32 Å². The third kappa shape index (κ3) is 3.21. The molecule has 2 aromatic rings. The lowest BCUT2D eigenvalue weighted by molar-refractivity contribution is 0.600. The maximum atomic E-state index is 3.63. The molecule has 2 heteroatoms. The predicted molar refractivity (Wildman–Crippen MR) is 80.3 cm³/mol. The van der Waals surface area contributed by atoms with E-state index in [1.807, 2.05) is 0 Å². The molecule has 0 bridgehead atoms. The van der Waals surface area contributed by atoms with Gasteiger partial charge in [0, 0.05) is 0 Å². The monoisotopic (exact) mass is 259 g/mol. The smallest absolute Gasteiger partial charge is 0.0584 e. The molecule has 1 aromatic carbocycles. The van der Waals surface area contributed by atoms with Crippen LogP contribution in [-0.4, -0.2) is 6.54 Å². The van der Waals surface area contributed by atoms with Crippen LogP contribution in [-0.2, 0) is 6.42 Å². The van der Waals surface area contributed by atoms with E-state index < -0.39 is 0 Å². The number of nitrogens with one attached hydrogen (secondary N) is 1. The van der Waals surface area contributed by atoms with Crippen molar-refractivity contribution in [2.75, 3.05) is 6.54 Å². The van der Waals surface area contributed by atoms with Gasteiger partial charge in [0.2, 0.25) is 0 Å². The van der Waals surface area contributed by atoms with Crippen molar-refractivity contribution in [3.63, 3.8) is 0 Å². The van der Waals surface area contributed by atoms with Gasteiger partial charge in [0.25, 0.3) is 0 Å². The zero-order chi connectivity index (χ0) is 12.8. The molecule has 0 aliphatic rings. The van der Waals surface area contributed by atoms with Crippen molar-refractivity contribution in [2.24, 2.45) is 0 Å². The highest BCUT2D eigenvalue weighted by Gasteiger charge is 2.13. The molecule has 2 rings (SSSR count). The van der Waals surface area contributed by atoms with Gasteiger partial charge in [-0.1, -0.05) is 38.1 Å². The van der Waals surface area contributed by atoms with Gasteiger partial charge < -0.3 is 5.32 Å².